The summed E-state index contributed by atoms with van der Waals surface area (Å²) in [7, 11) is 1.50. The second-order valence-electron chi connectivity index (χ2n) is 5.59. The summed E-state index contributed by atoms with van der Waals surface area (Å²) in [6.45, 7) is 2.99. The van der Waals surface area contributed by atoms with Crippen molar-refractivity contribution in [3.8, 4) is 5.75 Å². The third-order valence-corrected chi connectivity index (χ3v) is 3.96. The normalized spacial score (nSPS) is 11.5. The van der Waals surface area contributed by atoms with E-state index in [1.54, 1.807) is 31.2 Å². The Morgan fingerprint density at radius 3 is 2.15 bits per heavy atom. The molecule has 0 spiro atoms. The monoisotopic (exact) mass is 359 g/mol. The number of hydrogen-bond donors (Lipinski definition) is 1. The van der Waals surface area contributed by atoms with Crippen molar-refractivity contribution in [1.82, 2.24) is 5.32 Å². The first kappa shape index (κ1) is 18.8. The molecule has 0 bridgehead atoms. The summed E-state index contributed by atoms with van der Waals surface area (Å²) >= 11 is 0. The Hall–Kier alpha value is -3.49. The summed E-state index contributed by atoms with van der Waals surface area (Å²) in [5, 5.41) is 24.9. The molecular formula is C17H17N3O6. The van der Waals surface area contributed by atoms with Crippen LogP contribution in [0.5, 0.6) is 5.75 Å². The summed E-state index contributed by atoms with van der Waals surface area (Å²) in [4.78, 5) is 33.3. The van der Waals surface area contributed by atoms with Crippen molar-refractivity contribution in [3.05, 3.63) is 73.3 Å². The van der Waals surface area contributed by atoms with E-state index in [-0.39, 0.29) is 11.1 Å². The average molecular weight is 359 g/mol. The first-order chi connectivity index (χ1) is 12.3. The van der Waals surface area contributed by atoms with E-state index in [0.717, 1.165) is 12.1 Å². The van der Waals surface area contributed by atoms with E-state index >= 15 is 0 Å². The molecule has 0 aromatic heterocycles. The summed E-state index contributed by atoms with van der Waals surface area (Å²) in [6.07, 6.45) is 0. The Bertz CT molecular complexity index is 846. The second kappa shape index (κ2) is 7.60. The Morgan fingerprint density at radius 2 is 1.65 bits per heavy atom. The van der Waals surface area contributed by atoms with E-state index in [2.05, 4.69) is 5.32 Å². The number of carbonyl (C=O) groups excluding carboxylic acids is 1. The predicted molar refractivity (Wildman–Crippen MR) is 93.4 cm³/mol. The largest absolute Gasteiger partial charge is 0.496 e. The molecule has 9 heteroatoms. The van der Waals surface area contributed by atoms with E-state index in [0.29, 0.717) is 11.3 Å². The molecule has 9 nitrogen and oxygen atoms in total. The first-order valence-electron chi connectivity index (χ1n) is 7.63. The van der Waals surface area contributed by atoms with Gasteiger partial charge >= 0.3 is 0 Å². The number of nitrogens with one attached hydrogen (secondary N) is 1. The van der Waals surface area contributed by atoms with Crippen molar-refractivity contribution in [2.24, 2.45) is 0 Å². The third-order valence-electron chi connectivity index (χ3n) is 3.96. The van der Waals surface area contributed by atoms with Gasteiger partial charge in [0.15, 0.2) is 0 Å². The number of para-hydroxylation sites is 1. The van der Waals surface area contributed by atoms with Crippen LogP contribution in [-0.4, -0.2) is 22.9 Å². The van der Waals surface area contributed by atoms with Crippen molar-refractivity contribution in [3.63, 3.8) is 0 Å². The topological polar surface area (TPSA) is 125 Å². The molecule has 26 heavy (non-hydrogen) atoms. The highest BCUT2D eigenvalue weighted by Crippen LogP contribution is 2.30. The zero-order valence-corrected chi connectivity index (χ0v) is 14.4. The fraction of sp³-hybridized carbons (Fsp3) is 0.235. The van der Waals surface area contributed by atoms with Crippen LogP contribution in [0.2, 0.25) is 0 Å². The summed E-state index contributed by atoms with van der Waals surface area (Å²) < 4.78 is 5.24. The number of nitro groups is 2. The van der Waals surface area contributed by atoms with Crippen LogP contribution in [0.1, 0.15) is 34.5 Å². The highest BCUT2D eigenvalue weighted by molar-refractivity contribution is 5.96. The van der Waals surface area contributed by atoms with Gasteiger partial charge in [0.05, 0.1) is 28.6 Å². The number of ether oxygens (including phenoxy) is 1. The molecule has 1 amide bonds. The first-order valence-corrected chi connectivity index (χ1v) is 7.63. The van der Waals surface area contributed by atoms with E-state index < -0.39 is 33.2 Å². The molecule has 0 saturated heterocycles. The van der Waals surface area contributed by atoms with Gasteiger partial charge in [0, 0.05) is 17.7 Å². The number of methoxy groups -OCH3 is 1. The van der Waals surface area contributed by atoms with Crippen LogP contribution in [0.25, 0.3) is 0 Å². The fourth-order valence-electron chi connectivity index (χ4n) is 2.58. The molecule has 2 aromatic rings. The van der Waals surface area contributed by atoms with Crippen molar-refractivity contribution in [2.75, 3.05) is 7.11 Å². The number of nitro benzene ring substituents is 2. The number of benzene rings is 2. The highest BCUT2D eigenvalue weighted by Gasteiger charge is 2.26. The fourth-order valence-corrected chi connectivity index (χ4v) is 2.58. The standard InChI is InChI=1S/C17H17N3O6/c1-10-14(19(22)23)8-12(9-15(10)20(24)25)17(21)18-11(2)13-6-4-5-7-16(13)26-3/h4-9,11H,1-3H3,(H,18,21). The SMILES string of the molecule is COc1ccccc1C(C)NC(=O)c1cc([N+](=O)[O-])c(C)c([N+](=O)[O-])c1. The van der Waals surface area contributed by atoms with Crippen LogP contribution in [0, 0.1) is 27.2 Å². The van der Waals surface area contributed by atoms with Crippen LogP contribution in [0.3, 0.4) is 0 Å². The lowest BCUT2D eigenvalue weighted by atomic mass is 10.0. The van der Waals surface area contributed by atoms with Crippen LogP contribution in [0.15, 0.2) is 36.4 Å². The maximum atomic E-state index is 12.5. The molecule has 1 unspecified atom stereocenters. The summed E-state index contributed by atoms with van der Waals surface area (Å²) in [5.41, 5.74) is -0.506. The second-order valence-corrected chi connectivity index (χ2v) is 5.59. The highest BCUT2D eigenvalue weighted by atomic mass is 16.6. The lowest BCUT2D eigenvalue weighted by Crippen LogP contribution is -2.27. The molecule has 0 radical (unpaired) electrons. The van der Waals surface area contributed by atoms with Crippen molar-refractivity contribution in [2.45, 2.75) is 19.9 Å². The molecule has 2 aromatic carbocycles. The Morgan fingerprint density at radius 1 is 1.12 bits per heavy atom. The molecule has 0 fully saturated rings. The lowest BCUT2D eigenvalue weighted by Gasteiger charge is -2.17. The number of amides is 1. The third kappa shape index (κ3) is 3.77. The predicted octanol–water partition coefficient (Wildman–Crippen LogP) is 3.31. The van der Waals surface area contributed by atoms with E-state index in [1.165, 1.54) is 14.0 Å². The van der Waals surface area contributed by atoms with Crippen molar-refractivity contribution < 1.29 is 19.4 Å². The van der Waals surface area contributed by atoms with Gasteiger partial charge in [-0.15, -0.1) is 0 Å². The molecule has 0 saturated carbocycles. The molecule has 2 rings (SSSR count). The quantitative estimate of drug-likeness (QED) is 0.623. The van der Waals surface area contributed by atoms with Gasteiger partial charge in [-0.25, -0.2) is 0 Å². The molecule has 1 N–H and O–H groups in total. The van der Waals surface area contributed by atoms with Crippen LogP contribution in [0.4, 0.5) is 11.4 Å². The van der Waals surface area contributed by atoms with Crippen LogP contribution in [-0.2, 0) is 0 Å². The van der Waals surface area contributed by atoms with Crippen LogP contribution >= 0.6 is 0 Å². The number of hydrogen-bond acceptors (Lipinski definition) is 6. The molecule has 136 valence electrons. The van der Waals surface area contributed by atoms with Gasteiger partial charge in [-0.1, -0.05) is 18.2 Å². The van der Waals surface area contributed by atoms with Gasteiger partial charge in [-0.05, 0) is 19.9 Å². The molecule has 0 aliphatic carbocycles. The number of carbonyl (C=O) groups is 1. The average Bonchev–Trinajstić information content (AvgIpc) is 2.61. The van der Waals surface area contributed by atoms with Gasteiger partial charge in [-0.3, -0.25) is 25.0 Å². The minimum absolute atomic E-state index is 0.102. The Kier molecular flexibility index (Phi) is 5.51. The zero-order chi connectivity index (χ0) is 19.4. The minimum Gasteiger partial charge on any atom is -0.496 e. The maximum Gasteiger partial charge on any atom is 0.279 e. The molecule has 0 heterocycles. The minimum atomic E-state index is -0.747. The van der Waals surface area contributed by atoms with E-state index in [4.69, 9.17) is 4.74 Å². The molecule has 0 aliphatic heterocycles. The molecule has 1 atom stereocenters. The lowest BCUT2D eigenvalue weighted by molar-refractivity contribution is -0.395. The van der Waals surface area contributed by atoms with E-state index in [9.17, 15) is 25.0 Å². The van der Waals surface area contributed by atoms with E-state index in [1.807, 2.05) is 0 Å². The van der Waals surface area contributed by atoms with Gasteiger partial charge < -0.3 is 10.1 Å². The van der Waals surface area contributed by atoms with Gasteiger partial charge in [-0.2, -0.15) is 0 Å². The van der Waals surface area contributed by atoms with Gasteiger partial charge in [0.25, 0.3) is 17.3 Å². The molecule has 0 aliphatic rings. The maximum absolute atomic E-state index is 12.5. The smallest absolute Gasteiger partial charge is 0.279 e. The summed E-state index contributed by atoms with van der Waals surface area (Å²) in [5.74, 6) is -0.0872. The van der Waals surface area contributed by atoms with Gasteiger partial charge in [0.2, 0.25) is 0 Å². The zero-order valence-electron chi connectivity index (χ0n) is 14.4. The number of rotatable bonds is 6. The molecular weight excluding hydrogens is 342 g/mol. The summed E-state index contributed by atoms with van der Waals surface area (Å²) in [6, 6.07) is 8.66. The van der Waals surface area contributed by atoms with Crippen molar-refractivity contribution in [1.29, 1.82) is 0 Å². The Labute approximate surface area is 148 Å². The number of nitrogens with zero attached hydrogens (tertiary/aromatic N) is 2. The van der Waals surface area contributed by atoms with Crippen molar-refractivity contribution >= 4 is 17.3 Å². The van der Waals surface area contributed by atoms with Crippen LogP contribution < -0.4 is 10.1 Å². The Balaban J connectivity index is 2.37. The van der Waals surface area contributed by atoms with Gasteiger partial charge in [0.1, 0.15) is 11.3 Å².